The van der Waals surface area contributed by atoms with Gasteiger partial charge in [-0.05, 0) is 56.5 Å². The van der Waals surface area contributed by atoms with Crippen LogP contribution in [0.3, 0.4) is 0 Å². The third kappa shape index (κ3) is 5.02. The summed E-state index contributed by atoms with van der Waals surface area (Å²) in [6.45, 7) is 3.34. The van der Waals surface area contributed by atoms with Gasteiger partial charge in [-0.2, -0.15) is 0 Å². The molecule has 2 fully saturated rings. The van der Waals surface area contributed by atoms with Gasteiger partial charge in [0.1, 0.15) is 5.65 Å². The molecule has 5 heteroatoms. The smallest absolute Gasteiger partial charge is 0.244 e. The Kier molecular flexibility index (Phi) is 6.42. The topological polar surface area (TPSA) is 61.0 Å². The molecule has 5 nitrogen and oxygen atoms in total. The summed E-state index contributed by atoms with van der Waals surface area (Å²) in [4.78, 5) is 22.6. The lowest BCUT2D eigenvalue weighted by molar-refractivity contribution is -0.117. The number of carbonyl (C=O) groups excluding carboxylic acids is 1. The molecule has 2 aliphatic rings. The molecule has 0 radical (unpaired) electrons. The highest BCUT2D eigenvalue weighted by Gasteiger charge is 2.23. The average molecular weight is 381 g/mol. The van der Waals surface area contributed by atoms with Gasteiger partial charge < -0.3 is 15.2 Å². The quantitative estimate of drug-likeness (QED) is 0.710. The van der Waals surface area contributed by atoms with Crippen molar-refractivity contribution in [1.29, 1.82) is 0 Å². The zero-order valence-corrected chi connectivity index (χ0v) is 16.7. The van der Waals surface area contributed by atoms with Gasteiger partial charge in [0.25, 0.3) is 0 Å². The summed E-state index contributed by atoms with van der Waals surface area (Å²) in [6.07, 6.45) is 17.7. The lowest BCUT2D eigenvalue weighted by Gasteiger charge is -2.29. The highest BCUT2D eigenvalue weighted by Crippen LogP contribution is 2.28. The van der Waals surface area contributed by atoms with Crippen LogP contribution in [0.15, 0.2) is 30.6 Å². The molecule has 2 aromatic heterocycles. The van der Waals surface area contributed by atoms with Crippen LogP contribution in [0, 0.1) is 5.92 Å². The minimum absolute atomic E-state index is 0.0123. The fourth-order valence-corrected chi connectivity index (χ4v) is 4.81. The van der Waals surface area contributed by atoms with Gasteiger partial charge in [0.15, 0.2) is 0 Å². The Labute approximate surface area is 167 Å². The Bertz CT molecular complexity index is 800. The highest BCUT2D eigenvalue weighted by molar-refractivity contribution is 5.95. The molecule has 2 aromatic rings. The van der Waals surface area contributed by atoms with Crippen LogP contribution < -0.4 is 5.32 Å². The van der Waals surface area contributed by atoms with Crippen molar-refractivity contribution in [3.05, 3.63) is 36.2 Å². The number of nitrogens with zero attached hydrogens (tertiary/aromatic N) is 2. The molecule has 1 aliphatic heterocycles. The van der Waals surface area contributed by atoms with E-state index in [0.717, 1.165) is 35.5 Å². The van der Waals surface area contributed by atoms with Crippen molar-refractivity contribution < 1.29 is 4.79 Å². The molecule has 1 amide bonds. The Morgan fingerprint density at radius 3 is 2.89 bits per heavy atom. The molecule has 150 valence electrons. The number of hydrogen-bond donors (Lipinski definition) is 2. The van der Waals surface area contributed by atoms with E-state index in [2.05, 4.69) is 20.2 Å². The zero-order chi connectivity index (χ0) is 19.2. The zero-order valence-electron chi connectivity index (χ0n) is 16.7. The van der Waals surface area contributed by atoms with Crippen LogP contribution in [0.1, 0.15) is 56.9 Å². The maximum Gasteiger partial charge on any atom is 0.244 e. The number of nitrogens with one attached hydrogen (secondary N) is 2. The number of hydrogen-bond acceptors (Lipinski definition) is 3. The van der Waals surface area contributed by atoms with Crippen molar-refractivity contribution >= 4 is 23.0 Å². The van der Waals surface area contributed by atoms with Crippen molar-refractivity contribution in [1.82, 2.24) is 20.2 Å². The lowest BCUT2D eigenvalue weighted by atomic mass is 9.84. The number of aromatic amines is 1. The second kappa shape index (κ2) is 9.37. The molecule has 1 saturated heterocycles. The molecular weight excluding hydrogens is 348 g/mol. The monoisotopic (exact) mass is 380 g/mol. The predicted molar refractivity (Wildman–Crippen MR) is 114 cm³/mol. The molecule has 28 heavy (non-hydrogen) atoms. The van der Waals surface area contributed by atoms with E-state index in [1.165, 1.54) is 58.0 Å². The lowest BCUT2D eigenvalue weighted by Crippen LogP contribution is -2.43. The van der Waals surface area contributed by atoms with E-state index in [4.69, 9.17) is 0 Å². The van der Waals surface area contributed by atoms with Crippen molar-refractivity contribution in [2.24, 2.45) is 5.92 Å². The Balaban J connectivity index is 1.38. The third-order valence-corrected chi connectivity index (χ3v) is 6.26. The van der Waals surface area contributed by atoms with Crippen LogP contribution in [0.4, 0.5) is 0 Å². The summed E-state index contributed by atoms with van der Waals surface area (Å²) in [5, 5.41) is 4.35. The summed E-state index contributed by atoms with van der Waals surface area (Å²) in [6, 6.07) is 4.20. The van der Waals surface area contributed by atoms with E-state index in [9.17, 15) is 4.79 Å². The van der Waals surface area contributed by atoms with Gasteiger partial charge in [-0.25, -0.2) is 4.98 Å². The van der Waals surface area contributed by atoms with E-state index in [0.29, 0.717) is 0 Å². The summed E-state index contributed by atoms with van der Waals surface area (Å²) in [5.41, 5.74) is 1.85. The van der Waals surface area contributed by atoms with Crippen LogP contribution in [-0.2, 0) is 4.79 Å². The molecule has 2 N–H and O–H groups in total. The summed E-state index contributed by atoms with van der Waals surface area (Å²) in [5.74, 6) is 0.781. The van der Waals surface area contributed by atoms with E-state index in [-0.39, 0.29) is 11.9 Å². The van der Waals surface area contributed by atoms with Crippen molar-refractivity contribution in [2.45, 2.75) is 57.4 Å². The molecule has 0 aromatic carbocycles. The minimum atomic E-state index is 0.0123. The van der Waals surface area contributed by atoms with Gasteiger partial charge in [-0.3, -0.25) is 4.79 Å². The maximum atomic E-state index is 12.7. The summed E-state index contributed by atoms with van der Waals surface area (Å²) in [7, 11) is 0. The van der Waals surface area contributed by atoms with Gasteiger partial charge in [-0.1, -0.05) is 32.1 Å². The second-order valence-corrected chi connectivity index (χ2v) is 8.43. The normalized spacial score (nSPS) is 20.1. The first-order valence-electron chi connectivity index (χ1n) is 10.9. The van der Waals surface area contributed by atoms with Gasteiger partial charge in [0.05, 0.1) is 0 Å². The molecular formula is C23H32N4O. The Morgan fingerprint density at radius 1 is 1.25 bits per heavy atom. The maximum absolute atomic E-state index is 12.7. The molecule has 0 unspecified atom stereocenters. The number of H-pyrrole nitrogens is 1. The first kappa shape index (κ1) is 19.2. The summed E-state index contributed by atoms with van der Waals surface area (Å²) >= 11 is 0. The standard InChI is InChI=1S/C23H32N4O/c28-22(11-10-19-16-25-23-21(19)9-6-12-24-23)26-20(17-27-13-4-5-14-27)15-18-7-2-1-3-8-18/h6,9-12,16,18,20H,1-5,7-8,13-15,17H2,(H,24,25)(H,26,28)/t20-/m0/s1. The van der Waals surface area contributed by atoms with Crippen molar-refractivity contribution in [2.75, 3.05) is 19.6 Å². The van der Waals surface area contributed by atoms with Crippen LogP contribution in [0.2, 0.25) is 0 Å². The van der Waals surface area contributed by atoms with Crippen LogP contribution in [0.5, 0.6) is 0 Å². The van der Waals surface area contributed by atoms with Crippen LogP contribution in [-0.4, -0.2) is 46.5 Å². The number of fused-ring (bicyclic) bond motifs is 1. The minimum Gasteiger partial charge on any atom is -0.349 e. The van der Waals surface area contributed by atoms with Gasteiger partial charge in [0, 0.05) is 42.0 Å². The van der Waals surface area contributed by atoms with E-state index >= 15 is 0 Å². The van der Waals surface area contributed by atoms with E-state index in [1.807, 2.05) is 24.4 Å². The molecule has 0 bridgehead atoms. The Morgan fingerprint density at radius 2 is 2.07 bits per heavy atom. The molecule has 4 rings (SSSR count). The SMILES string of the molecule is O=C(C=Cc1c[nH]c2ncccc12)N[C@@H](CC1CCCCC1)CN1CCCC1. The Hall–Kier alpha value is -2.14. The molecule has 1 atom stereocenters. The number of pyridine rings is 1. The first-order chi connectivity index (χ1) is 13.8. The predicted octanol–water partition coefficient (Wildman–Crippen LogP) is 4.13. The van der Waals surface area contributed by atoms with Gasteiger partial charge in [-0.15, -0.1) is 0 Å². The van der Waals surface area contributed by atoms with E-state index < -0.39 is 0 Å². The number of carbonyl (C=O) groups is 1. The number of amides is 1. The van der Waals surface area contributed by atoms with Crippen molar-refractivity contribution in [3.8, 4) is 0 Å². The highest BCUT2D eigenvalue weighted by atomic mass is 16.1. The number of likely N-dealkylation sites (tertiary alicyclic amines) is 1. The molecule has 1 saturated carbocycles. The largest absolute Gasteiger partial charge is 0.349 e. The molecule has 3 heterocycles. The third-order valence-electron chi connectivity index (χ3n) is 6.26. The fraction of sp³-hybridized carbons (Fsp3) is 0.565. The average Bonchev–Trinajstić information content (AvgIpc) is 3.37. The van der Waals surface area contributed by atoms with Gasteiger partial charge in [0.2, 0.25) is 5.91 Å². The summed E-state index contributed by atoms with van der Waals surface area (Å²) < 4.78 is 0. The van der Waals surface area contributed by atoms with Crippen molar-refractivity contribution in [3.63, 3.8) is 0 Å². The van der Waals surface area contributed by atoms with Crippen LogP contribution >= 0.6 is 0 Å². The first-order valence-corrected chi connectivity index (χ1v) is 10.9. The van der Waals surface area contributed by atoms with Crippen LogP contribution in [0.25, 0.3) is 17.1 Å². The number of rotatable bonds is 7. The molecule has 0 spiro atoms. The van der Waals surface area contributed by atoms with E-state index in [1.54, 1.807) is 12.3 Å². The van der Waals surface area contributed by atoms with Gasteiger partial charge >= 0.3 is 0 Å². The number of aromatic nitrogens is 2. The molecule has 1 aliphatic carbocycles. The fourth-order valence-electron chi connectivity index (χ4n) is 4.81. The second-order valence-electron chi connectivity index (χ2n) is 8.43.